The number of nitrogens with one attached hydrogen (secondary N) is 1. The summed E-state index contributed by atoms with van der Waals surface area (Å²) in [6, 6.07) is 5.73. The average Bonchev–Trinajstić information content (AvgIpc) is 2.59. The van der Waals surface area contributed by atoms with Crippen molar-refractivity contribution >= 4 is 13.3 Å². The minimum atomic E-state index is -5.26. The number of pyridine rings is 1. The summed E-state index contributed by atoms with van der Waals surface area (Å²) in [7, 11) is 5.69. The third kappa shape index (κ3) is 5.87. The SMILES string of the molecule is [B]c1ccc(OCc2ccc(C(F)(F)F)c(C(F)(F)F)n2)c(CNCCO)c1. The molecule has 2 aromatic rings. The molecule has 1 aromatic carbocycles. The second-order valence-corrected chi connectivity index (χ2v) is 5.75. The summed E-state index contributed by atoms with van der Waals surface area (Å²) in [6.07, 6.45) is -10.4. The summed E-state index contributed by atoms with van der Waals surface area (Å²) in [5.41, 5.74) is -3.20. The molecule has 0 fully saturated rings. The molecule has 0 saturated carbocycles. The van der Waals surface area contributed by atoms with Gasteiger partial charge in [0.05, 0.1) is 17.9 Å². The molecule has 0 bridgehead atoms. The van der Waals surface area contributed by atoms with Gasteiger partial charge in [-0.15, -0.1) is 0 Å². The Morgan fingerprint density at radius 1 is 1.04 bits per heavy atom. The molecule has 0 spiro atoms. The molecule has 0 aliphatic rings. The molecular formula is C17H15BF6N2O2. The lowest BCUT2D eigenvalue weighted by atomic mass is 9.94. The highest BCUT2D eigenvalue weighted by atomic mass is 19.4. The Morgan fingerprint density at radius 2 is 1.75 bits per heavy atom. The molecular weight excluding hydrogens is 389 g/mol. The van der Waals surface area contributed by atoms with Gasteiger partial charge in [0, 0.05) is 18.7 Å². The minimum Gasteiger partial charge on any atom is -0.487 e. The van der Waals surface area contributed by atoms with Crippen LogP contribution in [0.25, 0.3) is 0 Å². The number of aromatic nitrogens is 1. The maximum Gasteiger partial charge on any atom is 0.433 e. The van der Waals surface area contributed by atoms with E-state index in [4.69, 9.17) is 17.7 Å². The maximum atomic E-state index is 13.0. The van der Waals surface area contributed by atoms with Crippen molar-refractivity contribution < 1.29 is 36.2 Å². The van der Waals surface area contributed by atoms with Crippen LogP contribution in [-0.4, -0.2) is 31.1 Å². The molecule has 0 saturated heterocycles. The second kappa shape index (κ2) is 8.83. The lowest BCUT2D eigenvalue weighted by Gasteiger charge is -2.16. The zero-order valence-electron chi connectivity index (χ0n) is 14.4. The fourth-order valence-electron chi connectivity index (χ4n) is 2.36. The first-order valence-electron chi connectivity index (χ1n) is 7.99. The van der Waals surface area contributed by atoms with Crippen molar-refractivity contribution in [3.8, 4) is 5.75 Å². The van der Waals surface area contributed by atoms with Gasteiger partial charge in [-0.3, -0.25) is 0 Å². The highest BCUT2D eigenvalue weighted by molar-refractivity contribution is 6.32. The molecule has 0 amide bonds. The number of rotatable bonds is 7. The largest absolute Gasteiger partial charge is 0.487 e. The summed E-state index contributed by atoms with van der Waals surface area (Å²) < 4.78 is 82.7. The molecule has 0 atom stereocenters. The predicted molar refractivity (Wildman–Crippen MR) is 89.2 cm³/mol. The predicted octanol–water partition coefficient (Wildman–Crippen LogP) is 2.57. The first kappa shape index (κ1) is 22.0. The van der Waals surface area contributed by atoms with Gasteiger partial charge in [-0.25, -0.2) is 4.98 Å². The Hall–Kier alpha value is -2.27. The summed E-state index contributed by atoms with van der Waals surface area (Å²) in [5, 5.41) is 11.7. The molecule has 0 aliphatic heterocycles. The van der Waals surface area contributed by atoms with Crippen LogP contribution in [0.5, 0.6) is 5.75 Å². The fourth-order valence-corrected chi connectivity index (χ4v) is 2.36. The molecule has 1 aromatic heterocycles. The van der Waals surface area contributed by atoms with E-state index in [0.717, 1.165) is 6.07 Å². The van der Waals surface area contributed by atoms with E-state index in [1.807, 2.05) is 0 Å². The van der Waals surface area contributed by atoms with Gasteiger partial charge in [0.1, 0.15) is 20.2 Å². The van der Waals surface area contributed by atoms with Gasteiger partial charge in [0.2, 0.25) is 0 Å². The minimum absolute atomic E-state index is 0.103. The van der Waals surface area contributed by atoms with Gasteiger partial charge >= 0.3 is 12.4 Å². The van der Waals surface area contributed by atoms with E-state index in [9.17, 15) is 26.3 Å². The van der Waals surface area contributed by atoms with Gasteiger partial charge in [0.15, 0.2) is 5.69 Å². The summed E-state index contributed by atoms with van der Waals surface area (Å²) in [6.45, 7) is -0.0227. The molecule has 2 N–H and O–H groups in total. The average molecular weight is 404 g/mol. The highest BCUT2D eigenvalue weighted by Gasteiger charge is 2.44. The number of halogens is 6. The van der Waals surface area contributed by atoms with Crippen molar-refractivity contribution in [3.63, 3.8) is 0 Å². The number of aliphatic hydroxyl groups is 1. The van der Waals surface area contributed by atoms with E-state index >= 15 is 0 Å². The Kier molecular flexibility index (Phi) is 6.94. The quantitative estimate of drug-likeness (QED) is 0.423. The van der Waals surface area contributed by atoms with Crippen LogP contribution in [0.3, 0.4) is 0 Å². The van der Waals surface area contributed by atoms with Gasteiger partial charge in [-0.2, -0.15) is 26.3 Å². The molecule has 11 heteroatoms. The van der Waals surface area contributed by atoms with E-state index in [2.05, 4.69) is 10.3 Å². The van der Waals surface area contributed by atoms with Gasteiger partial charge in [-0.05, 0) is 18.2 Å². The summed E-state index contributed by atoms with van der Waals surface area (Å²) in [4.78, 5) is 3.10. The highest BCUT2D eigenvalue weighted by Crippen LogP contribution is 2.39. The normalized spacial score (nSPS) is 12.2. The monoisotopic (exact) mass is 404 g/mol. The van der Waals surface area contributed by atoms with Crippen molar-refractivity contribution in [2.45, 2.75) is 25.5 Å². The number of alkyl halides is 6. The Morgan fingerprint density at radius 3 is 2.36 bits per heavy atom. The smallest absolute Gasteiger partial charge is 0.433 e. The van der Waals surface area contributed by atoms with Crippen LogP contribution >= 0.6 is 0 Å². The second-order valence-electron chi connectivity index (χ2n) is 5.75. The molecule has 28 heavy (non-hydrogen) atoms. The molecule has 0 aliphatic carbocycles. The third-order valence-electron chi connectivity index (χ3n) is 3.59. The summed E-state index contributed by atoms with van der Waals surface area (Å²) in [5.74, 6) is 0.273. The van der Waals surface area contributed by atoms with Crippen LogP contribution in [-0.2, 0) is 25.5 Å². The number of benzene rings is 1. The Bertz CT molecular complexity index is 811. The number of ether oxygens (including phenoxy) is 1. The summed E-state index contributed by atoms with van der Waals surface area (Å²) >= 11 is 0. The van der Waals surface area contributed by atoms with Crippen LogP contribution in [0.15, 0.2) is 30.3 Å². The topological polar surface area (TPSA) is 54.4 Å². The van der Waals surface area contributed by atoms with Crippen molar-refractivity contribution in [3.05, 3.63) is 52.8 Å². The molecule has 2 radical (unpaired) electrons. The van der Waals surface area contributed by atoms with Crippen LogP contribution in [0.4, 0.5) is 26.3 Å². The number of nitrogens with zero attached hydrogens (tertiary/aromatic N) is 1. The van der Waals surface area contributed by atoms with Crippen LogP contribution in [0.1, 0.15) is 22.5 Å². The van der Waals surface area contributed by atoms with E-state index in [1.54, 1.807) is 6.07 Å². The molecule has 1 heterocycles. The first-order valence-corrected chi connectivity index (χ1v) is 7.99. The lowest BCUT2D eigenvalue weighted by Crippen LogP contribution is -2.20. The van der Waals surface area contributed by atoms with E-state index in [1.165, 1.54) is 12.1 Å². The van der Waals surface area contributed by atoms with Crippen molar-refractivity contribution in [2.24, 2.45) is 0 Å². The third-order valence-corrected chi connectivity index (χ3v) is 3.59. The Balaban J connectivity index is 2.23. The van der Waals surface area contributed by atoms with Crippen molar-refractivity contribution in [1.82, 2.24) is 10.3 Å². The van der Waals surface area contributed by atoms with Crippen LogP contribution < -0.4 is 15.5 Å². The number of aliphatic hydroxyl groups excluding tert-OH is 1. The molecule has 0 unspecified atom stereocenters. The number of hydrogen-bond acceptors (Lipinski definition) is 4. The van der Waals surface area contributed by atoms with Gasteiger partial charge < -0.3 is 15.2 Å². The van der Waals surface area contributed by atoms with Crippen molar-refractivity contribution in [2.75, 3.05) is 13.2 Å². The zero-order chi connectivity index (χ0) is 20.9. The first-order chi connectivity index (χ1) is 13.0. The molecule has 150 valence electrons. The van der Waals surface area contributed by atoms with Crippen molar-refractivity contribution in [1.29, 1.82) is 0 Å². The Labute approximate surface area is 158 Å². The lowest BCUT2D eigenvalue weighted by molar-refractivity contribution is -0.164. The fraction of sp³-hybridized carbons (Fsp3) is 0.353. The van der Waals surface area contributed by atoms with E-state index < -0.39 is 30.2 Å². The molecule has 2 rings (SSSR count). The van der Waals surface area contributed by atoms with E-state index in [0.29, 0.717) is 23.6 Å². The zero-order valence-corrected chi connectivity index (χ0v) is 14.4. The van der Waals surface area contributed by atoms with E-state index in [-0.39, 0.29) is 24.6 Å². The van der Waals surface area contributed by atoms with Gasteiger partial charge in [-0.1, -0.05) is 17.6 Å². The number of hydrogen-bond donors (Lipinski definition) is 2. The van der Waals surface area contributed by atoms with Gasteiger partial charge in [0.25, 0.3) is 0 Å². The standard InChI is InChI=1S/C17H15BF6N2O2/c18-11-1-4-14(10(7-11)8-25-5-6-27)28-9-12-2-3-13(16(19,20)21)15(26-12)17(22,23)24/h1-4,7,25,27H,5-6,8-9H2. The van der Waals surface area contributed by atoms with Crippen LogP contribution in [0.2, 0.25) is 0 Å². The maximum absolute atomic E-state index is 13.0. The molecule has 4 nitrogen and oxygen atoms in total. The van der Waals surface area contributed by atoms with Crippen LogP contribution in [0, 0.1) is 0 Å².